The SMILES string of the molecule is CNC(C)(C)/C=C(/C#N)C(=O)N1CCC[C@H]1Cn1nc(-c2ccc(Oc3cccc(F)c3F)cc2F)c2c(N)ncnc21. The Morgan fingerprint density at radius 3 is 2.74 bits per heavy atom. The maximum Gasteiger partial charge on any atom is 0.264 e. The van der Waals surface area contributed by atoms with Gasteiger partial charge in [-0.3, -0.25) is 4.79 Å². The van der Waals surface area contributed by atoms with Crippen molar-refractivity contribution in [2.45, 2.75) is 44.8 Å². The first-order chi connectivity index (χ1) is 20.5. The van der Waals surface area contributed by atoms with Gasteiger partial charge in [-0.1, -0.05) is 6.07 Å². The molecule has 222 valence electrons. The fourth-order valence-corrected chi connectivity index (χ4v) is 5.01. The van der Waals surface area contributed by atoms with Crippen LogP contribution < -0.4 is 15.8 Å². The number of aromatic nitrogens is 4. The number of nitrogens with two attached hydrogens (primary N) is 1. The number of rotatable bonds is 8. The van der Waals surface area contributed by atoms with Gasteiger partial charge >= 0.3 is 0 Å². The highest BCUT2D eigenvalue weighted by atomic mass is 19.2. The lowest BCUT2D eigenvalue weighted by atomic mass is 10.0. The number of nitrogen functional groups attached to an aromatic ring is 1. The van der Waals surface area contributed by atoms with Gasteiger partial charge in [0.2, 0.25) is 5.82 Å². The molecule has 1 fully saturated rings. The van der Waals surface area contributed by atoms with Gasteiger partial charge in [-0.2, -0.15) is 14.8 Å². The van der Waals surface area contributed by atoms with Gasteiger partial charge in [0, 0.05) is 23.7 Å². The normalized spacial score (nSPS) is 15.6. The molecule has 1 atom stereocenters. The van der Waals surface area contributed by atoms with Gasteiger partial charge < -0.3 is 20.7 Å². The standard InChI is InChI=1S/C30H29F3N8O2/c1-30(2,36-3)13-17(14-34)29(42)40-11-5-6-18(40)15-41-28-24(27(35)37-16-38-28)26(39-41)20-10-9-19(12-22(20)32)43-23-8-4-7-21(31)25(23)33/h4,7-10,12-13,16,18,36H,5-6,11,15H2,1-3H3,(H2,35,37,38)/b17-13-/t18-/m0/s1. The summed E-state index contributed by atoms with van der Waals surface area (Å²) in [7, 11) is 1.75. The molecular formula is C30H29F3N8O2. The molecule has 0 radical (unpaired) electrons. The predicted octanol–water partition coefficient (Wildman–Crippen LogP) is 4.72. The minimum absolute atomic E-state index is 0.0336. The second-order valence-electron chi connectivity index (χ2n) is 10.7. The number of carbonyl (C=O) groups is 1. The minimum Gasteiger partial charge on any atom is -0.454 e. The molecule has 1 amide bonds. The lowest BCUT2D eigenvalue weighted by molar-refractivity contribution is -0.127. The van der Waals surface area contributed by atoms with Crippen LogP contribution in [0.3, 0.4) is 0 Å². The van der Waals surface area contributed by atoms with E-state index in [1.54, 1.807) is 22.7 Å². The zero-order valence-electron chi connectivity index (χ0n) is 23.7. The van der Waals surface area contributed by atoms with Crippen molar-refractivity contribution in [2.75, 3.05) is 19.3 Å². The molecule has 2 aromatic heterocycles. The summed E-state index contributed by atoms with van der Waals surface area (Å²) in [6.45, 7) is 4.40. The Labute approximate surface area is 245 Å². The average molecular weight is 591 g/mol. The number of likely N-dealkylation sites (N-methyl/N-ethyl adjacent to an activating group) is 1. The molecule has 0 spiro atoms. The van der Waals surface area contributed by atoms with Crippen molar-refractivity contribution < 1.29 is 22.7 Å². The summed E-state index contributed by atoms with van der Waals surface area (Å²) < 4.78 is 50.1. The second kappa shape index (κ2) is 11.7. The van der Waals surface area contributed by atoms with Crippen molar-refractivity contribution in [1.82, 2.24) is 30.0 Å². The van der Waals surface area contributed by atoms with Crippen molar-refractivity contribution in [3.05, 3.63) is 71.8 Å². The second-order valence-corrected chi connectivity index (χ2v) is 10.7. The third kappa shape index (κ3) is 5.87. The molecule has 1 aliphatic rings. The van der Waals surface area contributed by atoms with Crippen LogP contribution in [0.25, 0.3) is 22.3 Å². The van der Waals surface area contributed by atoms with Crippen LogP contribution in [0.2, 0.25) is 0 Å². The number of anilines is 1. The van der Waals surface area contributed by atoms with E-state index in [-0.39, 0.29) is 52.6 Å². The van der Waals surface area contributed by atoms with Crippen LogP contribution in [0.1, 0.15) is 26.7 Å². The number of ether oxygens (including phenoxy) is 1. The summed E-state index contributed by atoms with van der Waals surface area (Å²) in [5.74, 6) is -3.78. The van der Waals surface area contributed by atoms with Gasteiger partial charge in [-0.25, -0.2) is 23.4 Å². The number of hydrogen-bond acceptors (Lipinski definition) is 8. The Bertz CT molecular complexity index is 1780. The van der Waals surface area contributed by atoms with Gasteiger partial charge in [0.1, 0.15) is 41.0 Å². The molecule has 5 rings (SSSR count). The molecule has 0 bridgehead atoms. The molecule has 0 unspecified atom stereocenters. The summed E-state index contributed by atoms with van der Waals surface area (Å²) in [5, 5.41) is 17.7. The highest BCUT2D eigenvalue weighted by Crippen LogP contribution is 2.35. The summed E-state index contributed by atoms with van der Waals surface area (Å²) >= 11 is 0. The van der Waals surface area contributed by atoms with Crippen LogP contribution in [0.4, 0.5) is 19.0 Å². The van der Waals surface area contributed by atoms with E-state index in [0.717, 1.165) is 18.6 Å². The number of carbonyl (C=O) groups excluding carboxylic acids is 1. The number of nitriles is 1. The van der Waals surface area contributed by atoms with Gasteiger partial charge in [-0.05, 0) is 64.1 Å². The van der Waals surface area contributed by atoms with E-state index < -0.39 is 23.0 Å². The molecule has 1 aliphatic heterocycles. The Balaban J connectivity index is 1.47. The third-order valence-electron chi connectivity index (χ3n) is 7.42. The maximum absolute atomic E-state index is 15.5. The van der Waals surface area contributed by atoms with E-state index in [4.69, 9.17) is 10.5 Å². The zero-order chi connectivity index (χ0) is 30.9. The van der Waals surface area contributed by atoms with Crippen molar-refractivity contribution in [1.29, 1.82) is 5.26 Å². The summed E-state index contributed by atoms with van der Waals surface area (Å²) in [6.07, 6.45) is 4.27. The summed E-state index contributed by atoms with van der Waals surface area (Å²) in [6, 6.07) is 8.99. The zero-order valence-corrected chi connectivity index (χ0v) is 23.7. The van der Waals surface area contributed by atoms with Crippen LogP contribution in [0, 0.1) is 28.8 Å². The molecular weight excluding hydrogens is 561 g/mol. The van der Waals surface area contributed by atoms with Gasteiger partial charge in [0.15, 0.2) is 17.2 Å². The Morgan fingerprint density at radius 2 is 2.02 bits per heavy atom. The van der Waals surface area contributed by atoms with Crippen LogP contribution in [0.5, 0.6) is 11.5 Å². The number of amides is 1. The number of nitrogens with zero attached hydrogens (tertiary/aromatic N) is 6. The van der Waals surface area contributed by atoms with Crippen molar-refractivity contribution >= 4 is 22.8 Å². The predicted molar refractivity (Wildman–Crippen MR) is 153 cm³/mol. The topological polar surface area (TPSA) is 135 Å². The first-order valence-corrected chi connectivity index (χ1v) is 13.5. The van der Waals surface area contributed by atoms with E-state index in [1.807, 2.05) is 19.9 Å². The molecule has 4 aromatic rings. The average Bonchev–Trinajstić information content (AvgIpc) is 3.60. The molecule has 2 aromatic carbocycles. The number of likely N-dealkylation sites (tertiary alicyclic amines) is 1. The Kier molecular flexibility index (Phi) is 8.06. The molecule has 1 saturated heterocycles. The van der Waals surface area contributed by atoms with Crippen LogP contribution in [0.15, 0.2) is 54.4 Å². The van der Waals surface area contributed by atoms with E-state index in [2.05, 4.69) is 20.4 Å². The van der Waals surface area contributed by atoms with Crippen LogP contribution in [-0.2, 0) is 11.3 Å². The number of fused-ring (bicyclic) bond motifs is 1. The minimum atomic E-state index is -1.19. The van der Waals surface area contributed by atoms with Gasteiger partial charge in [0.25, 0.3) is 5.91 Å². The molecule has 3 heterocycles. The Hall–Kier alpha value is -4.96. The van der Waals surface area contributed by atoms with E-state index in [0.29, 0.717) is 24.0 Å². The first-order valence-electron chi connectivity index (χ1n) is 13.5. The molecule has 13 heteroatoms. The van der Waals surface area contributed by atoms with E-state index in [9.17, 15) is 18.8 Å². The number of benzene rings is 2. The third-order valence-corrected chi connectivity index (χ3v) is 7.42. The first kappa shape index (κ1) is 29.5. The molecule has 0 aliphatic carbocycles. The molecule has 43 heavy (non-hydrogen) atoms. The van der Waals surface area contributed by atoms with Gasteiger partial charge in [-0.15, -0.1) is 0 Å². The largest absolute Gasteiger partial charge is 0.454 e. The fourth-order valence-electron chi connectivity index (χ4n) is 5.01. The fraction of sp³-hybridized carbons (Fsp3) is 0.300. The highest BCUT2D eigenvalue weighted by Gasteiger charge is 2.33. The van der Waals surface area contributed by atoms with Crippen molar-refractivity contribution in [3.8, 4) is 28.8 Å². The monoisotopic (exact) mass is 590 g/mol. The van der Waals surface area contributed by atoms with Crippen LogP contribution >= 0.6 is 0 Å². The number of nitrogens with one attached hydrogen (secondary N) is 1. The van der Waals surface area contributed by atoms with Gasteiger partial charge in [0.05, 0.1) is 18.0 Å². The van der Waals surface area contributed by atoms with E-state index in [1.165, 1.54) is 30.6 Å². The number of hydrogen-bond donors (Lipinski definition) is 2. The summed E-state index contributed by atoms with van der Waals surface area (Å²) in [5.41, 5.74) is 6.23. The molecule has 3 N–H and O–H groups in total. The van der Waals surface area contributed by atoms with Crippen molar-refractivity contribution in [2.24, 2.45) is 0 Å². The number of halogens is 3. The lowest BCUT2D eigenvalue weighted by Crippen LogP contribution is -2.40. The van der Waals surface area contributed by atoms with Crippen LogP contribution in [-0.4, -0.2) is 55.7 Å². The summed E-state index contributed by atoms with van der Waals surface area (Å²) in [4.78, 5) is 23.4. The van der Waals surface area contributed by atoms with Crippen molar-refractivity contribution in [3.63, 3.8) is 0 Å². The maximum atomic E-state index is 15.5. The quantitative estimate of drug-likeness (QED) is 0.222. The lowest BCUT2D eigenvalue weighted by Gasteiger charge is -2.26. The van der Waals surface area contributed by atoms with E-state index >= 15 is 4.39 Å². The highest BCUT2D eigenvalue weighted by molar-refractivity contribution is 5.99. The Morgan fingerprint density at radius 1 is 1.23 bits per heavy atom. The smallest absolute Gasteiger partial charge is 0.264 e. The molecule has 10 nitrogen and oxygen atoms in total. The molecule has 0 saturated carbocycles.